The molecule has 5 rings (SSSR count). The number of carbonyl (C=O) groups is 2. The van der Waals surface area contributed by atoms with Crippen LogP contribution in [0.4, 0.5) is 10.5 Å². The molecule has 0 radical (unpaired) electrons. The second-order valence-corrected chi connectivity index (χ2v) is 10.6. The van der Waals surface area contributed by atoms with Crippen molar-refractivity contribution in [1.29, 1.82) is 0 Å². The molecule has 1 aliphatic heterocycles. The molecule has 0 saturated heterocycles. The van der Waals surface area contributed by atoms with Crippen LogP contribution in [0.1, 0.15) is 31.9 Å². The van der Waals surface area contributed by atoms with Crippen molar-refractivity contribution in [3.63, 3.8) is 0 Å². The summed E-state index contributed by atoms with van der Waals surface area (Å²) >= 11 is 0. The molecule has 0 atom stereocenters. The average Bonchev–Trinajstić information content (AvgIpc) is 3.43. The minimum atomic E-state index is -0.590. The lowest BCUT2D eigenvalue weighted by Gasteiger charge is -2.19. The maximum absolute atomic E-state index is 12.3. The van der Waals surface area contributed by atoms with Gasteiger partial charge in [0.2, 0.25) is 5.91 Å². The molecule has 0 spiro atoms. The molecule has 2 heterocycles. The first-order valence-electron chi connectivity index (χ1n) is 12.6. The number of nitrogens with one attached hydrogen (secondary N) is 2. The Morgan fingerprint density at radius 1 is 1.08 bits per heavy atom. The highest BCUT2D eigenvalue weighted by molar-refractivity contribution is 5.97. The molecule has 1 aromatic heterocycles. The SMILES string of the molecule is C=C(CN1Cc2c(cccc2-c2ccc3[nH]nc(-c4cccc(NC(=O)OC(C)(C)C)c4)c3c2)C1=C)C(N)=O. The Bertz CT molecular complexity index is 1640. The van der Waals surface area contributed by atoms with Crippen LogP contribution in [-0.4, -0.2) is 39.2 Å². The van der Waals surface area contributed by atoms with Gasteiger partial charge in [-0.25, -0.2) is 4.79 Å². The first-order chi connectivity index (χ1) is 18.5. The van der Waals surface area contributed by atoms with E-state index in [2.05, 4.69) is 46.9 Å². The fourth-order valence-electron chi connectivity index (χ4n) is 4.78. The van der Waals surface area contributed by atoms with Gasteiger partial charge in [0.25, 0.3) is 0 Å². The highest BCUT2D eigenvalue weighted by Crippen LogP contribution is 2.39. The zero-order valence-electron chi connectivity index (χ0n) is 22.3. The summed E-state index contributed by atoms with van der Waals surface area (Å²) in [6.07, 6.45) is -0.512. The van der Waals surface area contributed by atoms with E-state index < -0.39 is 17.6 Å². The number of H-pyrrole nitrogens is 1. The summed E-state index contributed by atoms with van der Waals surface area (Å²) in [7, 11) is 0. The third-order valence-electron chi connectivity index (χ3n) is 6.60. The quantitative estimate of drug-likeness (QED) is 0.267. The van der Waals surface area contributed by atoms with E-state index in [4.69, 9.17) is 10.5 Å². The minimum Gasteiger partial charge on any atom is -0.444 e. The van der Waals surface area contributed by atoms with Crippen molar-refractivity contribution in [1.82, 2.24) is 15.1 Å². The van der Waals surface area contributed by atoms with Crippen LogP contribution in [0, 0.1) is 0 Å². The van der Waals surface area contributed by atoms with Crippen LogP contribution in [0.2, 0.25) is 0 Å². The summed E-state index contributed by atoms with van der Waals surface area (Å²) in [6, 6.07) is 19.8. The van der Waals surface area contributed by atoms with Crippen molar-refractivity contribution < 1.29 is 14.3 Å². The van der Waals surface area contributed by atoms with E-state index in [0.717, 1.165) is 50.1 Å². The number of ether oxygens (including phenoxy) is 1. The van der Waals surface area contributed by atoms with Crippen LogP contribution in [0.5, 0.6) is 0 Å². The fraction of sp³-hybridized carbons (Fsp3) is 0.194. The van der Waals surface area contributed by atoms with E-state index in [1.54, 1.807) is 0 Å². The number of benzene rings is 3. The lowest BCUT2D eigenvalue weighted by atomic mass is 9.95. The molecule has 3 aromatic carbocycles. The van der Waals surface area contributed by atoms with Crippen LogP contribution in [-0.2, 0) is 16.1 Å². The van der Waals surface area contributed by atoms with Crippen molar-refractivity contribution >= 4 is 34.3 Å². The van der Waals surface area contributed by atoms with Crippen LogP contribution >= 0.6 is 0 Å². The van der Waals surface area contributed by atoms with E-state index in [0.29, 0.717) is 24.4 Å². The first kappa shape index (κ1) is 25.8. The Labute approximate surface area is 227 Å². The number of amides is 2. The Balaban J connectivity index is 1.47. The average molecular weight is 522 g/mol. The Morgan fingerprint density at radius 2 is 1.82 bits per heavy atom. The number of hydrogen-bond acceptors (Lipinski definition) is 5. The van der Waals surface area contributed by atoms with Gasteiger partial charge in [-0.1, -0.05) is 49.6 Å². The normalized spacial score (nSPS) is 12.9. The van der Waals surface area contributed by atoms with Gasteiger partial charge in [0.05, 0.1) is 11.2 Å². The fourth-order valence-corrected chi connectivity index (χ4v) is 4.78. The largest absolute Gasteiger partial charge is 0.444 e. The van der Waals surface area contributed by atoms with Gasteiger partial charge in [0, 0.05) is 46.6 Å². The maximum atomic E-state index is 12.3. The van der Waals surface area contributed by atoms with Crippen molar-refractivity contribution in [3.8, 4) is 22.4 Å². The Hall–Kier alpha value is -4.85. The number of nitrogens with two attached hydrogens (primary N) is 1. The van der Waals surface area contributed by atoms with E-state index >= 15 is 0 Å². The predicted octanol–water partition coefficient (Wildman–Crippen LogP) is 6.07. The molecule has 4 aromatic rings. The molecule has 8 heteroatoms. The van der Waals surface area contributed by atoms with Gasteiger partial charge in [-0.15, -0.1) is 0 Å². The molecule has 0 fully saturated rings. The van der Waals surface area contributed by atoms with Crippen molar-refractivity contribution in [2.24, 2.45) is 5.73 Å². The zero-order chi connectivity index (χ0) is 27.9. The summed E-state index contributed by atoms with van der Waals surface area (Å²) in [4.78, 5) is 25.9. The van der Waals surface area contributed by atoms with Crippen LogP contribution in [0.25, 0.3) is 39.0 Å². The minimum absolute atomic E-state index is 0.334. The molecular formula is C31H31N5O3. The number of anilines is 1. The number of hydrogen-bond donors (Lipinski definition) is 3. The number of nitrogens with zero attached hydrogens (tertiary/aromatic N) is 2. The van der Waals surface area contributed by atoms with Crippen LogP contribution in [0.15, 0.2) is 79.4 Å². The van der Waals surface area contributed by atoms with Crippen molar-refractivity contribution in [2.75, 3.05) is 11.9 Å². The third kappa shape index (κ3) is 5.27. The topological polar surface area (TPSA) is 113 Å². The van der Waals surface area contributed by atoms with Gasteiger partial charge >= 0.3 is 6.09 Å². The molecule has 0 saturated carbocycles. The lowest BCUT2D eigenvalue weighted by molar-refractivity contribution is -0.114. The molecule has 0 unspecified atom stereocenters. The molecule has 0 aliphatic carbocycles. The predicted molar refractivity (Wildman–Crippen MR) is 155 cm³/mol. The summed E-state index contributed by atoms with van der Waals surface area (Å²) in [5, 5.41) is 11.4. The number of aromatic amines is 1. The number of aromatic nitrogens is 2. The van der Waals surface area contributed by atoms with Gasteiger partial charge in [-0.05, 0) is 61.7 Å². The van der Waals surface area contributed by atoms with Gasteiger partial charge in [-0.3, -0.25) is 15.2 Å². The third-order valence-corrected chi connectivity index (χ3v) is 6.60. The Morgan fingerprint density at radius 3 is 2.56 bits per heavy atom. The summed E-state index contributed by atoms with van der Waals surface area (Å²) < 4.78 is 5.38. The Kier molecular flexibility index (Phi) is 6.48. The highest BCUT2D eigenvalue weighted by atomic mass is 16.6. The summed E-state index contributed by atoms with van der Waals surface area (Å²) in [6.45, 7) is 14.5. The number of carbonyl (C=O) groups excluding carboxylic acids is 2. The maximum Gasteiger partial charge on any atom is 0.412 e. The molecule has 8 nitrogen and oxygen atoms in total. The molecule has 1 aliphatic rings. The second kappa shape index (κ2) is 9.79. The van der Waals surface area contributed by atoms with E-state index in [9.17, 15) is 9.59 Å². The molecule has 4 N–H and O–H groups in total. The summed E-state index contributed by atoms with van der Waals surface area (Å²) in [5.74, 6) is -0.512. The number of primary amides is 1. The first-order valence-corrected chi connectivity index (χ1v) is 12.6. The van der Waals surface area contributed by atoms with E-state index in [1.807, 2.05) is 68.1 Å². The van der Waals surface area contributed by atoms with Crippen molar-refractivity contribution in [3.05, 3.63) is 90.5 Å². The smallest absolute Gasteiger partial charge is 0.412 e. The molecule has 2 amide bonds. The van der Waals surface area contributed by atoms with Gasteiger partial charge in [-0.2, -0.15) is 5.10 Å². The molecular weight excluding hydrogens is 490 g/mol. The molecule has 198 valence electrons. The monoisotopic (exact) mass is 521 g/mol. The van der Waals surface area contributed by atoms with Crippen LogP contribution < -0.4 is 11.1 Å². The highest BCUT2D eigenvalue weighted by Gasteiger charge is 2.26. The molecule has 0 bridgehead atoms. The summed E-state index contributed by atoms with van der Waals surface area (Å²) in [5.41, 5.74) is 13.4. The standard InChI is InChI=1S/C31H31N5O3/c1-18(29(32)37)16-36-17-26-23(19(36)2)10-7-11-24(26)20-12-13-27-25(15-20)28(35-34-27)21-8-6-9-22(14-21)33-30(38)39-31(3,4)5/h6-15H,1-2,16-17H2,3-5H3,(H2,32,37)(H,33,38)(H,34,35). The number of rotatable bonds is 6. The zero-order valence-corrected chi connectivity index (χ0v) is 22.3. The number of fused-ring (bicyclic) bond motifs is 2. The van der Waals surface area contributed by atoms with E-state index in [-0.39, 0.29) is 0 Å². The van der Waals surface area contributed by atoms with E-state index in [1.165, 1.54) is 0 Å². The second-order valence-electron chi connectivity index (χ2n) is 10.6. The van der Waals surface area contributed by atoms with Gasteiger partial charge < -0.3 is 15.4 Å². The van der Waals surface area contributed by atoms with Crippen LogP contribution in [0.3, 0.4) is 0 Å². The van der Waals surface area contributed by atoms with Gasteiger partial charge in [0.1, 0.15) is 5.60 Å². The van der Waals surface area contributed by atoms with Gasteiger partial charge in [0.15, 0.2) is 0 Å². The van der Waals surface area contributed by atoms with Crippen molar-refractivity contribution in [2.45, 2.75) is 32.9 Å². The molecule has 39 heavy (non-hydrogen) atoms. The lowest BCUT2D eigenvalue weighted by Crippen LogP contribution is -2.27.